The van der Waals surface area contributed by atoms with E-state index in [0.29, 0.717) is 16.6 Å². The quantitative estimate of drug-likeness (QED) is 0.816. The lowest BCUT2D eigenvalue weighted by atomic mass is 10.1. The van der Waals surface area contributed by atoms with Gasteiger partial charge < -0.3 is 9.30 Å². The van der Waals surface area contributed by atoms with Gasteiger partial charge in [0.1, 0.15) is 0 Å². The van der Waals surface area contributed by atoms with Gasteiger partial charge in [0.25, 0.3) is 5.56 Å². The summed E-state index contributed by atoms with van der Waals surface area (Å²) in [6.45, 7) is 0.323. The van der Waals surface area contributed by atoms with Crippen LogP contribution in [-0.4, -0.2) is 17.6 Å². The van der Waals surface area contributed by atoms with Gasteiger partial charge in [0.15, 0.2) is 0 Å². The molecule has 0 atom stereocenters. The lowest BCUT2D eigenvalue weighted by Crippen LogP contribution is -2.21. The van der Waals surface area contributed by atoms with Gasteiger partial charge in [-0.2, -0.15) is 0 Å². The molecule has 2 aromatic rings. The van der Waals surface area contributed by atoms with Gasteiger partial charge in [-0.3, -0.25) is 4.79 Å². The molecule has 4 nitrogen and oxygen atoms in total. The SMILES string of the molecule is COC(=O)c1ccccc1Cn1cccc(Br)c1=O. The van der Waals surface area contributed by atoms with E-state index in [2.05, 4.69) is 15.9 Å². The lowest BCUT2D eigenvalue weighted by Gasteiger charge is -2.10. The fraction of sp³-hybridized carbons (Fsp3) is 0.143. The van der Waals surface area contributed by atoms with Gasteiger partial charge >= 0.3 is 5.97 Å². The van der Waals surface area contributed by atoms with Crippen molar-refractivity contribution in [3.63, 3.8) is 0 Å². The van der Waals surface area contributed by atoms with E-state index in [0.717, 1.165) is 5.56 Å². The van der Waals surface area contributed by atoms with Gasteiger partial charge in [-0.1, -0.05) is 18.2 Å². The molecule has 0 radical (unpaired) electrons. The molecule has 0 fully saturated rings. The number of hydrogen-bond acceptors (Lipinski definition) is 3. The van der Waals surface area contributed by atoms with Crippen LogP contribution in [0.2, 0.25) is 0 Å². The highest BCUT2D eigenvalue weighted by atomic mass is 79.9. The third kappa shape index (κ3) is 2.93. The summed E-state index contributed by atoms with van der Waals surface area (Å²) in [5.74, 6) is -0.404. The molecule has 0 N–H and O–H groups in total. The van der Waals surface area contributed by atoms with Crippen molar-refractivity contribution in [1.29, 1.82) is 0 Å². The minimum atomic E-state index is -0.404. The van der Waals surface area contributed by atoms with E-state index in [1.807, 2.05) is 6.07 Å². The lowest BCUT2D eigenvalue weighted by molar-refractivity contribution is 0.0599. The Labute approximate surface area is 118 Å². The number of pyridine rings is 1. The summed E-state index contributed by atoms with van der Waals surface area (Å²) in [4.78, 5) is 23.6. The third-order valence-electron chi connectivity index (χ3n) is 2.74. The zero-order chi connectivity index (χ0) is 13.8. The molecule has 0 saturated carbocycles. The first-order chi connectivity index (χ1) is 9.13. The van der Waals surface area contributed by atoms with Gasteiger partial charge in [0.2, 0.25) is 0 Å². The van der Waals surface area contributed by atoms with Crippen LogP contribution in [0.4, 0.5) is 0 Å². The highest BCUT2D eigenvalue weighted by molar-refractivity contribution is 9.10. The van der Waals surface area contributed by atoms with Crippen LogP contribution in [0.3, 0.4) is 0 Å². The van der Waals surface area contributed by atoms with E-state index in [4.69, 9.17) is 4.74 Å². The topological polar surface area (TPSA) is 48.3 Å². The molecule has 19 heavy (non-hydrogen) atoms. The second-order valence-corrected chi connectivity index (χ2v) is 4.79. The normalized spacial score (nSPS) is 10.2. The summed E-state index contributed by atoms with van der Waals surface area (Å²) in [6, 6.07) is 10.5. The molecule has 98 valence electrons. The molecule has 0 aliphatic carbocycles. The number of halogens is 1. The monoisotopic (exact) mass is 321 g/mol. The first-order valence-electron chi connectivity index (χ1n) is 5.64. The molecule has 0 saturated heterocycles. The molecule has 1 aromatic heterocycles. The Morgan fingerprint density at radius 3 is 2.74 bits per heavy atom. The molecule has 0 bridgehead atoms. The fourth-order valence-electron chi connectivity index (χ4n) is 1.78. The van der Waals surface area contributed by atoms with E-state index < -0.39 is 5.97 Å². The molecule has 0 spiro atoms. The first-order valence-corrected chi connectivity index (χ1v) is 6.44. The standard InChI is InChI=1S/C14H12BrNO3/c1-19-14(18)11-6-3-2-5-10(11)9-16-8-4-7-12(15)13(16)17/h2-8H,9H2,1H3. The van der Waals surface area contributed by atoms with E-state index in [9.17, 15) is 9.59 Å². The molecule has 0 aliphatic rings. The van der Waals surface area contributed by atoms with Crippen molar-refractivity contribution in [2.75, 3.05) is 7.11 Å². The zero-order valence-electron chi connectivity index (χ0n) is 10.3. The van der Waals surface area contributed by atoms with Crippen molar-refractivity contribution in [3.05, 3.63) is 68.5 Å². The maximum atomic E-state index is 11.9. The Balaban J connectivity index is 2.41. The Morgan fingerprint density at radius 1 is 1.26 bits per heavy atom. The number of aromatic nitrogens is 1. The number of esters is 1. The number of methoxy groups -OCH3 is 1. The third-order valence-corrected chi connectivity index (χ3v) is 3.34. The first kappa shape index (κ1) is 13.5. The smallest absolute Gasteiger partial charge is 0.338 e. The van der Waals surface area contributed by atoms with E-state index in [1.54, 1.807) is 36.5 Å². The number of carbonyl (C=O) groups excluding carboxylic acids is 1. The van der Waals surface area contributed by atoms with Gasteiger partial charge in [-0.25, -0.2) is 4.79 Å². The number of nitrogens with zero attached hydrogens (tertiary/aromatic N) is 1. The van der Waals surface area contributed by atoms with Crippen LogP contribution in [0, 0.1) is 0 Å². The number of rotatable bonds is 3. The summed E-state index contributed by atoms with van der Waals surface area (Å²) in [7, 11) is 1.34. The molecular formula is C14H12BrNO3. The second kappa shape index (κ2) is 5.84. The highest BCUT2D eigenvalue weighted by Crippen LogP contribution is 2.12. The number of benzene rings is 1. The van der Waals surface area contributed by atoms with Gasteiger partial charge in [0, 0.05) is 6.20 Å². The summed E-state index contributed by atoms with van der Waals surface area (Å²) in [6.07, 6.45) is 1.68. The molecule has 0 unspecified atom stereocenters. The molecule has 5 heteroatoms. The predicted molar refractivity (Wildman–Crippen MR) is 75.3 cm³/mol. The van der Waals surface area contributed by atoms with Crippen LogP contribution in [0.5, 0.6) is 0 Å². The summed E-state index contributed by atoms with van der Waals surface area (Å²) < 4.78 is 6.76. The number of ether oxygens (including phenoxy) is 1. The van der Waals surface area contributed by atoms with Crippen molar-refractivity contribution < 1.29 is 9.53 Å². The van der Waals surface area contributed by atoms with E-state index in [1.165, 1.54) is 11.7 Å². The molecule has 2 rings (SSSR count). The highest BCUT2D eigenvalue weighted by Gasteiger charge is 2.11. The average Bonchev–Trinajstić information content (AvgIpc) is 2.43. The maximum absolute atomic E-state index is 11.9. The van der Waals surface area contributed by atoms with Crippen molar-refractivity contribution >= 4 is 21.9 Å². The van der Waals surface area contributed by atoms with Crippen molar-refractivity contribution in [3.8, 4) is 0 Å². The molecule has 0 amide bonds. The van der Waals surface area contributed by atoms with Crippen LogP contribution in [-0.2, 0) is 11.3 Å². The van der Waals surface area contributed by atoms with Crippen LogP contribution in [0.15, 0.2) is 51.9 Å². The Bertz CT molecular complexity index is 664. The van der Waals surface area contributed by atoms with Crippen LogP contribution >= 0.6 is 15.9 Å². The second-order valence-electron chi connectivity index (χ2n) is 3.94. The fourth-order valence-corrected chi connectivity index (χ4v) is 2.16. The van der Waals surface area contributed by atoms with Gasteiger partial charge in [0.05, 0.1) is 23.7 Å². The minimum Gasteiger partial charge on any atom is -0.465 e. The minimum absolute atomic E-state index is 0.137. The average molecular weight is 322 g/mol. The Kier molecular flexibility index (Phi) is 4.16. The largest absolute Gasteiger partial charge is 0.465 e. The predicted octanol–water partition coefficient (Wildman–Crippen LogP) is 2.45. The van der Waals surface area contributed by atoms with Crippen LogP contribution in [0.25, 0.3) is 0 Å². The maximum Gasteiger partial charge on any atom is 0.338 e. The van der Waals surface area contributed by atoms with Crippen molar-refractivity contribution in [1.82, 2.24) is 4.57 Å². The zero-order valence-corrected chi connectivity index (χ0v) is 11.9. The van der Waals surface area contributed by atoms with Gasteiger partial charge in [-0.15, -0.1) is 0 Å². The van der Waals surface area contributed by atoms with Crippen LogP contribution < -0.4 is 5.56 Å². The Morgan fingerprint density at radius 2 is 2.00 bits per heavy atom. The van der Waals surface area contributed by atoms with Crippen LogP contribution in [0.1, 0.15) is 15.9 Å². The summed E-state index contributed by atoms with van der Waals surface area (Å²) in [5, 5.41) is 0. The summed E-state index contributed by atoms with van der Waals surface area (Å²) in [5.41, 5.74) is 1.08. The van der Waals surface area contributed by atoms with E-state index >= 15 is 0 Å². The Hall–Kier alpha value is -1.88. The molecule has 1 aromatic carbocycles. The molecular weight excluding hydrogens is 310 g/mol. The number of carbonyl (C=O) groups is 1. The van der Waals surface area contributed by atoms with Crippen molar-refractivity contribution in [2.24, 2.45) is 0 Å². The number of hydrogen-bond donors (Lipinski definition) is 0. The van der Waals surface area contributed by atoms with Gasteiger partial charge in [-0.05, 0) is 39.7 Å². The molecule has 0 aliphatic heterocycles. The summed E-state index contributed by atoms with van der Waals surface area (Å²) >= 11 is 3.20. The van der Waals surface area contributed by atoms with Crippen molar-refractivity contribution in [2.45, 2.75) is 6.54 Å². The van der Waals surface area contributed by atoms with E-state index in [-0.39, 0.29) is 5.56 Å². The molecule has 1 heterocycles.